The number of pyridine rings is 1. The van der Waals surface area contributed by atoms with Crippen molar-refractivity contribution in [1.82, 2.24) is 4.98 Å². The first-order valence-electron chi connectivity index (χ1n) is 6.86. The second-order valence-corrected chi connectivity index (χ2v) is 5.16. The molecule has 1 aromatic carbocycles. The van der Waals surface area contributed by atoms with Crippen LogP contribution in [0.2, 0.25) is 0 Å². The first kappa shape index (κ1) is 12.0. The number of nitriles is 1. The summed E-state index contributed by atoms with van der Waals surface area (Å²) in [4.78, 5) is 6.73. The molecule has 1 saturated heterocycles. The Bertz CT molecular complexity index is 642. The summed E-state index contributed by atoms with van der Waals surface area (Å²) in [6.45, 7) is 4.34. The summed E-state index contributed by atoms with van der Waals surface area (Å²) in [6.07, 6.45) is 4.14. The Morgan fingerprint density at radius 2 is 2.26 bits per heavy atom. The van der Waals surface area contributed by atoms with Crippen molar-refractivity contribution in [2.24, 2.45) is 5.92 Å². The van der Waals surface area contributed by atoms with E-state index in [1.54, 1.807) is 6.20 Å². The minimum atomic E-state index is 0.690. The lowest BCUT2D eigenvalue weighted by atomic mass is 10.1. The van der Waals surface area contributed by atoms with E-state index in [0.29, 0.717) is 5.56 Å². The van der Waals surface area contributed by atoms with Gasteiger partial charge in [-0.3, -0.25) is 4.98 Å². The van der Waals surface area contributed by atoms with Crippen LogP contribution in [-0.4, -0.2) is 18.1 Å². The van der Waals surface area contributed by atoms with Crippen LogP contribution in [0.4, 0.5) is 5.69 Å². The van der Waals surface area contributed by atoms with Crippen LogP contribution in [0.25, 0.3) is 10.9 Å². The van der Waals surface area contributed by atoms with Gasteiger partial charge in [-0.15, -0.1) is 0 Å². The molecule has 0 aliphatic carbocycles. The zero-order valence-corrected chi connectivity index (χ0v) is 11.1. The third-order valence-corrected chi connectivity index (χ3v) is 4.05. The largest absolute Gasteiger partial charge is 0.370 e. The van der Waals surface area contributed by atoms with Crippen LogP contribution >= 0.6 is 0 Å². The van der Waals surface area contributed by atoms with Gasteiger partial charge in [0.25, 0.3) is 0 Å². The van der Waals surface area contributed by atoms with Crippen molar-refractivity contribution < 1.29 is 0 Å². The van der Waals surface area contributed by atoms with Gasteiger partial charge < -0.3 is 4.90 Å². The summed E-state index contributed by atoms with van der Waals surface area (Å²) < 4.78 is 0. The first-order chi connectivity index (χ1) is 9.33. The van der Waals surface area contributed by atoms with Crippen LogP contribution in [0.1, 0.15) is 25.3 Å². The highest BCUT2D eigenvalue weighted by atomic mass is 15.2. The van der Waals surface area contributed by atoms with Crippen molar-refractivity contribution in [2.75, 3.05) is 18.0 Å². The van der Waals surface area contributed by atoms with Gasteiger partial charge >= 0.3 is 0 Å². The highest BCUT2D eigenvalue weighted by Crippen LogP contribution is 2.33. The van der Waals surface area contributed by atoms with Crippen molar-refractivity contribution in [2.45, 2.75) is 19.8 Å². The maximum atomic E-state index is 9.34. The van der Waals surface area contributed by atoms with E-state index in [4.69, 9.17) is 0 Å². The Labute approximate surface area is 113 Å². The highest BCUT2D eigenvalue weighted by molar-refractivity contribution is 5.94. The normalized spacial score (nSPS) is 18.7. The molecule has 1 aromatic heterocycles. The molecule has 1 aliphatic heterocycles. The minimum Gasteiger partial charge on any atom is -0.370 e. The highest BCUT2D eigenvalue weighted by Gasteiger charge is 2.24. The molecule has 2 heterocycles. The molecular formula is C16H17N3. The monoisotopic (exact) mass is 251 g/mol. The number of anilines is 1. The summed E-state index contributed by atoms with van der Waals surface area (Å²) in [5.41, 5.74) is 2.73. The molecule has 1 atom stereocenters. The molecule has 3 rings (SSSR count). The van der Waals surface area contributed by atoms with Gasteiger partial charge in [0, 0.05) is 24.7 Å². The minimum absolute atomic E-state index is 0.690. The van der Waals surface area contributed by atoms with Crippen LogP contribution in [0.3, 0.4) is 0 Å². The number of nitrogens with zero attached hydrogens (tertiary/aromatic N) is 3. The maximum absolute atomic E-state index is 9.34. The summed E-state index contributed by atoms with van der Waals surface area (Å²) in [7, 11) is 0. The molecule has 1 fully saturated rings. The predicted octanol–water partition coefficient (Wildman–Crippen LogP) is 3.34. The summed E-state index contributed by atoms with van der Waals surface area (Å²) >= 11 is 0. The number of rotatable bonds is 2. The number of benzene rings is 1. The van der Waals surface area contributed by atoms with Crippen LogP contribution in [-0.2, 0) is 0 Å². The summed E-state index contributed by atoms with van der Waals surface area (Å²) in [5, 5.41) is 10.4. The molecule has 3 nitrogen and oxygen atoms in total. The Kier molecular flexibility index (Phi) is 3.08. The lowest BCUT2D eigenvalue weighted by Gasteiger charge is -2.21. The fraction of sp³-hybridized carbons (Fsp3) is 0.375. The molecule has 0 radical (unpaired) electrons. The zero-order valence-electron chi connectivity index (χ0n) is 11.1. The molecule has 1 aliphatic rings. The Morgan fingerprint density at radius 1 is 1.42 bits per heavy atom. The molecule has 0 amide bonds. The van der Waals surface area contributed by atoms with E-state index in [2.05, 4.69) is 28.9 Å². The molecular weight excluding hydrogens is 234 g/mol. The van der Waals surface area contributed by atoms with E-state index in [1.807, 2.05) is 18.2 Å². The van der Waals surface area contributed by atoms with Crippen LogP contribution in [0.15, 0.2) is 30.5 Å². The maximum Gasteiger partial charge on any atom is 0.103 e. The van der Waals surface area contributed by atoms with Crippen molar-refractivity contribution in [3.8, 4) is 6.07 Å². The van der Waals surface area contributed by atoms with Crippen LogP contribution in [0, 0.1) is 17.2 Å². The van der Waals surface area contributed by atoms with Gasteiger partial charge in [-0.1, -0.05) is 31.5 Å². The van der Waals surface area contributed by atoms with Crippen LogP contribution < -0.4 is 4.90 Å². The van der Waals surface area contributed by atoms with E-state index < -0.39 is 0 Å². The van der Waals surface area contributed by atoms with Gasteiger partial charge in [-0.25, -0.2) is 0 Å². The lowest BCUT2D eigenvalue weighted by Crippen LogP contribution is -2.21. The molecule has 0 spiro atoms. The quantitative estimate of drug-likeness (QED) is 0.821. The predicted molar refractivity (Wildman–Crippen MR) is 77.1 cm³/mol. The molecule has 0 saturated carbocycles. The van der Waals surface area contributed by atoms with Crippen molar-refractivity contribution in [1.29, 1.82) is 5.26 Å². The topological polar surface area (TPSA) is 39.9 Å². The number of hydrogen-bond donors (Lipinski definition) is 0. The van der Waals surface area contributed by atoms with Gasteiger partial charge in [-0.2, -0.15) is 5.26 Å². The standard InChI is InChI=1S/C16H17N3/c1-2-12-7-8-19(11-12)16-13(9-17)10-18-15-6-4-3-5-14(15)16/h3-6,10,12H,2,7-8,11H2,1H3. The van der Waals surface area contributed by atoms with Crippen molar-refractivity contribution in [3.63, 3.8) is 0 Å². The molecule has 1 unspecified atom stereocenters. The Balaban J connectivity index is 2.13. The van der Waals surface area contributed by atoms with Crippen molar-refractivity contribution in [3.05, 3.63) is 36.0 Å². The van der Waals surface area contributed by atoms with E-state index >= 15 is 0 Å². The number of hydrogen-bond acceptors (Lipinski definition) is 3. The van der Waals surface area contributed by atoms with E-state index in [-0.39, 0.29) is 0 Å². The molecule has 0 bridgehead atoms. The number of fused-ring (bicyclic) bond motifs is 1. The summed E-state index contributed by atoms with van der Waals surface area (Å²) in [5.74, 6) is 0.749. The van der Waals surface area contributed by atoms with E-state index in [9.17, 15) is 5.26 Å². The zero-order chi connectivity index (χ0) is 13.2. The first-order valence-corrected chi connectivity index (χ1v) is 6.86. The van der Waals surface area contributed by atoms with Gasteiger partial charge in [0.05, 0.1) is 16.8 Å². The SMILES string of the molecule is CCC1CCN(c2c(C#N)cnc3ccccc23)C1. The second kappa shape index (κ2) is 4.89. The number of para-hydroxylation sites is 1. The second-order valence-electron chi connectivity index (χ2n) is 5.16. The molecule has 3 heteroatoms. The van der Waals surface area contributed by atoms with Gasteiger partial charge in [0.2, 0.25) is 0 Å². The number of aromatic nitrogens is 1. The van der Waals surface area contributed by atoms with E-state index in [0.717, 1.165) is 35.6 Å². The summed E-state index contributed by atoms with van der Waals surface area (Å²) in [6, 6.07) is 10.4. The smallest absolute Gasteiger partial charge is 0.103 e. The molecule has 96 valence electrons. The van der Waals surface area contributed by atoms with Crippen molar-refractivity contribution >= 4 is 16.6 Å². The molecule has 0 N–H and O–H groups in total. The average molecular weight is 251 g/mol. The molecule has 2 aromatic rings. The average Bonchev–Trinajstić information content (AvgIpc) is 2.94. The fourth-order valence-corrected chi connectivity index (χ4v) is 2.92. The molecule has 19 heavy (non-hydrogen) atoms. The van der Waals surface area contributed by atoms with E-state index in [1.165, 1.54) is 12.8 Å². The Hall–Kier alpha value is -2.08. The third-order valence-electron chi connectivity index (χ3n) is 4.05. The lowest BCUT2D eigenvalue weighted by molar-refractivity contribution is 0.569. The van der Waals surface area contributed by atoms with Gasteiger partial charge in [-0.05, 0) is 18.4 Å². The Morgan fingerprint density at radius 3 is 3.00 bits per heavy atom. The van der Waals surface area contributed by atoms with Gasteiger partial charge in [0.1, 0.15) is 6.07 Å². The van der Waals surface area contributed by atoms with Crippen LogP contribution in [0.5, 0.6) is 0 Å². The third kappa shape index (κ3) is 2.04. The fourth-order valence-electron chi connectivity index (χ4n) is 2.92. The van der Waals surface area contributed by atoms with Gasteiger partial charge in [0.15, 0.2) is 0 Å².